The van der Waals surface area contributed by atoms with Crippen LogP contribution in [-0.2, 0) is 4.79 Å². The number of carbonyl (C=O) groups is 1. The van der Waals surface area contributed by atoms with E-state index in [0.29, 0.717) is 12.0 Å². The molecule has 0 radical (unpaired) electrons. The summed E-state index contributed by atoms with van der Waals surface area (Å²) in [7, 11) is 0. The summed E-state index contributed by atoms with van der Waals surface area (Å²) in [5.74, 6) is 3.22. The summed E-state index contributed by atoms with van der Waals surface area (Å²) in [6.07, 6.45) is 10.2. The molecule has 0 spiro atoms. The lowest BCUT2D eigenvalue weighted by molar-refractivity contribution is -0.120. The molecule has 0 heterocycles. The van der Waals surface area contributed by atoms with E-state index in [9.17, 15) is 4.79 Å². The molecule has 2 rings (SSSR count). The molecule has 0 saturated heterocycles. The van der Waals surface area contributed by atoms with Crippen molar-refractivity contribution >= 4 is 11.6 Å². The zero-order valence-corrected chi connectivity index (χ0v) is 12.0. The smallest absolute Gasteiger partial charge is 0.239 e. The summed E-state index contributed by atoms with van der Waals surface area (Å²) in [6.45, 7) is 2.51. The SMILES string of the molecule is C#Cc1cccc(NCC(=O)N[C@H]2CCCC[C@@H]2C)c1. The number of anilines is 1. The van der Waals surface area contributed by atoms with E-state index in [1.807, 2.05) is 24.3 Å². The van der Waals surface area contributed by atoms with Gasteiger partial charge < -0.3 is 10.6 Å². The fourth-order valence-electron chi connectivity index (χ4n) is 2.69. The van der Waals surface area contributed by atoms with Crippen LogP contribution in [0.5, 0.6) is 0 Å². The lowest BCUT2D eigenvalue weighted by Crippen LogP contribution is -2.43. The van der Waals surface area contributed by atoms with Crippen LogP contribution in [0.25, 0.3) is 0 Å². The van der Waals surface area contributed by atoms with Crippen LogP contribution in [-0.4, -0.2) is 18.5 Å². The predicted molar refractivity (Wildman–Crippen MR) is 82.4 cm³/mol. The Morgan fingerprint density at radius 1 is 1.40 bits per heavy atom. The third-order valence-corrected chi connectivity index (χ3v) is 3.94. The Morgan fingerprint density at radius 2 is 2.20 bits per heavy atom. The molecule has 1 saturated carbocycles. The average molecular weight is 270 g/mol. The van der Waals surface area contributed by atoms with Gasteiger partial charge in [0.15, 0.2) is 0 Å². The fraction of sp³-hybridized carbons (Fsp3) is 0.471. The quantitative estimate of drug-likeness (QED) is 0.826. The summed E-state index contributed by atoms with van der Waals surface area (Å²) < 4.78 is 0. The van der Waals surface area contributed by atoms with E-state index in [4.69, 9.17) is 6.42 Å². The number of benzene rings is 1. The van der Waals surface area contributed by atoms with Gasteiger partial charge in [-0.2, -0.15) is 0 Å². The van der Waals surface area contributed by atoms with E-state index in [-0.39, 0.29) is 12.5 Å². The van der Waals surface area contributed by atoms with E-state index < -0.39 is 0 Å². The van der Waals surface area contributed by atoms with Crippen molar-refractivity contribution in [3.63, 3.8) is 0 Å². The van der Waals surface area contributed by atoms with Crippen LogP contribution < -0.4 is 10.6 Å². The van der Waals surface area contributed by atoms with E-state index >= 15 is 0 Å². The van der Waals surface area contributed by atoms with Crippen molar-refractivity contribution in [2.45, 2.75) is 38.6 Å². The van der Waals surface area contributed by atoms with Gasteiger partial charge >= 0.3 is 0 Å². The van der Waals surface area contributed by atoms with E-state index in [1.165, 1.54) is 19.3 Å². The van der Waals surface area contributed by atoms with Crippen LogP contribution in [0, 0.1) is 18.3 Å². The summed E-state index contributed by atoms with van der Waals surface area (Å²) >= 11 is 0. The first-order chi connectivity index (χ1) is 9.69. The molecule has 2 atom stereocenters. The maximum Gasteiger partial charge on any atom is 0.239 e. The third kappa shape index (κ3) is 4.03. The summed E-state index contributed by atoms with van der Waals surface area (Å²) in [5, 5.41) is 6.24. The van der Waals surface area contributed by atoms with Crippen LogP contribution in [0.2, 0.25) is 0 Å². The molecule has 3 nitrogen and oxygen atoms in total. The molecule has 1 aliphatic carbocycles. The Balaban J connectivity index is 1.81. The predicted octanol–water partition coefficient (Wildman–Crippen LogP) is 2.77. The van der Waals surface area contributed by atoms with Gasteiger partial charge in [-0.1, -0.05) is 31.8 Å². The molecule has 1 aliphatic rings. The number of carbonyl (C=O) groups excluding carboxylic acids is 1. The number of hydrogen-bond acceptors (Lipinski definition) is 2. The average Bonchev–Trinajstić information content (AvgIpc) is 2.48. The first kappa shape index (κ1) is 14.5. The molecule has 106 valence electrons. The Morgan fingerprint density at radius 3 is 2.95 bits per heavy atom. The van der Waals surface area contributed by atoms with Crippen molar-refractivity contribution in [1.29, 1.82) is 0 Å². The second kappa shape index (κ2) is 7.00. The molecule has 1 fully saturated rings. The van der Waals surface area contributed by atoms with Crippen LogP contribution in [0.1, 0.15) is 38.2 Å². The molecule has 1 aromatic carbocycles. The molecule has 0 aliphatic heterocycles. The summed E-state index contributed by atoms with van der Waals surface area (Å²) in [4.78, 5) is 12.0. The van der Waals surface area contributed by atoms with Crippen LogP contribution in [0.4, 0.5) is 5.69 Å². The van der Waals surface area contributed by atoms with Gasteiger partial charge in [-0.25, -0.2) is 0 Å². The normalized spacial score (nSPS) is 21.8. The topological polar surface area (TPSA) is 41.1 Å². The zero-order valence-electron chi connectivity index (χ0n) is 12.0. The van der Waals surface area contributed by atoms with Gasteiger partial charge in [-0.05, 0) is 37.0 Å². The van der Waals surface area contributed by atoms with Crippen molar-refractivity contribution in [1.82, 2.24) is 5.32 Å². The van der Waals surface area contributed by atoms with E-state index in [2.05, 4.69) is 23.5 Å². The molecule has 0 aromatic heterocycles. The summed E-state index contributed by atoms with van der Waals surface area (Å²) in [6, 6.07) is 7.87. The minimum atomic E-state index is 0.0508. The molecular weight excluding hydrogens is 248 g/mol. The molecule has 2 N–H and O–H groups in total. The maximum atomic E-state index is 12.0. The molecule has 3 heteroatoms. The number of hydrogen-bond donors (Lipinski definition) is 2. The van der Waals surface area contributed by atoms with E-state index in [0.717, 1.165) is 17.7 Å². The van der Waals surface area contributed by atoms with Crippen molar-refractivity contribution in [3.8, 4) is 12.3 Å². The van der Waals surface area contributed by atoms with Gasteiger partial charge in [0.2, 0.25) is 5.91 Å². The standard InChI is InChI=1S/C17H22N2O/c1-3-14-8-6-9-15(11-14)18-12-17(20)19-16-10-5-4-7-13(16)2/h1,6,8-9,11,13,16,18H,4-5,7,10,12H2,2H3,(H,19,20)/t13-,16-/m0/s1. The van der Waals surface area contributed by atoms with Gasteiger partial charge in [-0.15, -0.1) is 6.42 Å². The highest BCUT2D eigenvalue weighted by Crippen LogP contribution is 2.23. The first-order valence-electron chi connectivity index (χ1n) is 7.29. The van der Waals surface area contributed by atoms with Crippen LogP contribution in [0.3, 0.4) is 0 Å². The molecule has 20 heavy (non-hydrogen) atoms. The van der Waals surface area contributed by atoms with Gasteiger partial charge in [-0.3, -0.25) is 4.79 Å². The number of amides is 1. The van der Waals surface area contributed by atoms with Gasteiger partial charge in [0.1, 0.15) is 0 Å². The second-order valence-corrected chi connectivity index (χ2v) is 5.51. The zero-order chi connectivity index (χ0) is 14.4. The molecule has 0 unspecified atom stereocenters. The summed E-state index contributed by atoms with van der Waals surface area (Å²) in [5.41, 5.74) is 1.70. The lowest BCUT2D eigenvalue weighted by Gasteiger charge is -2.29. The Labute approximate surface area is 121 Å². The highest BCUT2D eigenvalue weighted by atomic mass is 16.1. The number of terminal acetylenes is 1. The van der Waals surface area contributed by atoms with Crippen LogP contribution >= 0.6 is 0 Å². The Kier molecular flexibility index (Phi) is 5.06. The van der Waals surface area contributed by atoms with Gasteiger partial charge in [0.25, 0.3) is 0 Å². The second-order valence-electron chi connectivity index (χ2n) is 5.51. The largest absolute Gasteiger partial charge is 0.376 e. The Bertz CT molecular complexity index is 504. The Hall–Kier alpha value is -1.95. The highest BCUT2D eigenvalue weighted by Gasteiger charge is 2.22. The van der Waals surface area contributed by atoms with E-state index in [1.54, 1.807) is 0 Å². The van der Waals surface area contributed by atoms with Crippen LogP contribution in [0.15, 0.2) is 24.3 Å². The third-order valence-electron chi connectivity index (χ3n) is 3.94. The van der Waals surface area contributed by atoms with Gasteiger partial charge in [0, 0.05) is 17.3 Å². The lowest BCUT2D eigenvalue weighted by atomic mass is 9.86. The maximum absolute atomic E-state index is 12.0. The van der Waals surface area contributed by atoms with Crippen molar-refractivity contribution in [2.75, 3.05) is 11.9 Å². The number of nitrogens with one attached hydrogen (secondary N) is 2. The molecule has 0 bridgehead atoms. The first-order valence-corrected chi connectivity index (χ1v) is 7.29. The monoisotopic (exact) mass is 270 g/mol. The minimum absolute atomic E-state index is 0.0508. The van der Waals surface area contributed by atoms with Gasteiger partial charge in [0.05, 0.1) is 6.54 Å². The minimum Gasteiger partial charge on any atom is -0.376 e. The fourth-order valence-corrected chi connectivity index (χ4v) is 2.69. The molecular formula is C17H22N2O. The van der Waals surface area contributed by atoms with Crippen molar-refractivity contribution < 1.29 is 4.79 Å². The number of rotatable bonds is 4. The van der Waals surface area contributed by atoms with Crippen molar-refractivity contribution in [2.24, 2.45) is 5.92 Å². The molecule has 1 aromatic rings. The van der Waals surface area contributed by atoms with Crippen molar-refractivity contribution in [3.05, 3.63) is 29.8 Å². The molecule has 1 amide bonds. The highest BCUT2D eigenvalue weighted by molar-refractivity contribution is 5.81.